The summed E-state index contributed by atoms with van der Waals surface area (Å²) in [4.78, 5) is 0. The third-order valence-electron chi connectivity index (χ3n) is 4.26. The van der Waals surface area contributed by atoms with E-state index in [-0.39, 0.29) is 24.0 Å². The lowest BCUT2D eigenvalue weighted by molar-refractivity contribution is 0.0516. The predicted molar refractivity (Wildman–Crippen MR) is 109 cm³/mol. The molecule has 0 fully saturated rings. The highest BCUT2D eigenvalue weighted by molar-refractivity contribution is 14.0. The van der Waals surface area contributed by atoms with Crippen molar-refractivity contribution in [2.75, 3.05) is 0 Å². The van der Waals surface area contributed by atoms with Crippen molar-refractivity contribution in [3.63, 3.8) is 0 Å². The third-order valence-corrected chi connectivity index (χ3v) is 4.26. The van der Waals surface area contributed by atoms with Gasteiger partial charge in [-0.1, -0.05) is 91.0 Å². The van der Waals surface area contributed by atoms with Crippen molar-refractivity contribution < 1.29 is 5.11 Å². The summed E-state index contributed by atoms with van der Waals surface area (Å²) in [7, 11) is 0. The van der Waals surface area contributed by atoms with Gasteiger partial charge in [-0.15, -0.1) is 24.0 Å². The molecular weight excluding hydrogens is 409 g/mol. The van der Waals surface area contributed by atoms with Crippen LogP contribution in [0.2, 0.25) is 0 Å². The molecular formula is C21H22INO. The van der Waals surface area contributed by atoms with E-state index < -0.39 is 11.6 Å². The normalized spacial score (nSPS) is 12.2. The van der Waals surface area contributed by atoms with Crippen molar-refractivity contribution in [3.05, 3.63) is 108 Å². The second-order valence-electron chi connectivity index (χ2n) is 5.79. The summed E-state index contributed by atoms with van der Waals surface area (Å²) < 4.78 is 0. The molecule has 0 aromatic heterocycles. The molecule has 0 bridgehead atoms. The van der Waals surface area contributed by atoms with Crippen LogP contribution in [0.3, 0.4) is 0 Å². The molecule has 0 saturated carbocycles. The van der Waals surface area contributed by atoms with Crippen LogP contribution in [0.15, 0.2) is 91.0 Å². The van der Waals surface area contributed by atoms with Crippen molar-refractivity contribution in [1.29, 1.82) is 0 Å². The first-order valence-corrected chi connectivity index (χ1v) is 7.84. The van der Waals surface area contributed by atoms with Gasteiger partial charge in [0.05, 0.1) is 0 Å². The van der Waals surface area contributed by atoms with Gasteiger partial charge in [0.2, 0.25) is 0 Å². The molecule has 0 saturated heterocycles. The lowest BCUT2D eigenvalue weighted by atomic mass is 9.78. The Morgan fingerprint density at radius 1 is 0.708 bits per heavy atom. The summed E-state index contributed by atoms with van der Waals surface area (Å²) in [6, 6.07) is 28.9. The zero-order chi connectivity index (χ0) is 16.1. The molecule has 0 spiro atoms. The first-order valence-electron chi connectivity index (χ1n) is 7.84. The van der Waals surface area contributed by atoms with Crippen LogP contribution >= 0.6 is 24.0 Å². The maximum atomic E-state index is 11.6. The highest BCUT2D eigenvalue weighted by Gasteiger charge is 2.37. The average Bonchev–Trinajstić information content (AvgIpc) is 2.63. The standard InChI is InChI=1S/C21H21NO.HI/c22-20(16-17-10-4-1-5-11-17)21(23,18-12-6-2-7-13-18)19-14-8-3-9-15-19;/h1-15,20,23H,16,22H2;1H. The van der Waals surface area contributed by atoms with Gasteiger partial charge in [-0.2, -0.15) is 0 Å². The Kier molecular flexibility index (Phi) is 6.54. The second-order valence-corrected chi connectivity index (χ2v) is 5.79. The molecule has 124 valence electrons. The van der Waals surface area contributed by atoms with E-state index in [0.29, 0.717) is 6.42 Å². The van der Waals surface area contributed by atoms with Crippen molar-refractivity contribution in [3.8, 4) is 0 Å². The summed E-state index contributed by atoms with van der Waals surface area (Å²) in [6.45, 7) is 0. The molecule has 0 heterocycles. The zero-order valence-corrected chi connectivity index (χ0v) is 15.7. The number of benzene rings is 3. The number of halogens is 1. The molecule has 0 radical (unpaired) electrons. The van der Waals surface area contributed by atoms with Gasteiger partial charge in [-0.25, -0.2) is 0 Å². The van der Waals surface area contributed by atoms with Crippen LogP contribution in [0.25, 0.3) is 0 Å². The van der Waals surface area contributed by atoms with Crippen LogP contribution in [-0.4, -0.2) is 11.1 Å². The summed E-state index contributed by atoms with van der Waals surface area (Å²) in [6.07, 6.45) is 0.598. The molecule has 3 N–H and O–H groups in total. The number of hydrogen-bond donors (Lipinski definition) is 2. The molecule has 0 aliphatic heterocycles. The Morgan fingerprint density at radius 3 is 1.50 bits per heavy atom. The maximum Gasteiger partial charge on any atom is 0.130 e. The minimum absolute atomic E-state index is 0. The quantitative estimate of drug-likeness (QED) is 0.598. The molecule has 3 aromatic carbocycles. The molecule has 24 heavy (non-hydrogen) atoms. The second kappa shape index (κ2) is 8.42. The monoisotopic (exact) mass is 431 g/mol. The van der Waals surface area contributed by atoms with Gasteiger partial charge in [0.25, 0.3) is 0 Å². The molecule has 1 unspecified atom stereocenters. The predicted octanol–water partition coefficient (Wildman–Crippen LogP) is 4.11. The van der Waals surface area contributed by atoms with E-state index in [4.69, 9.17) is 5.73 Å². The van der Waals surface area contributed by atoms with Gasteiger partial charge >= 0.3 is 0 Å². The summed E-state index contributed by atoms with van der Waals surface area (Å²) in [5, 5.41) is 11.6. The summed E-state index contributed by atoms with van der Waals surface area (Å²) in [5.74, 6) is 0. The zero-order valence-electron chi connectivity index (χ0n) is 13.4. The average molecular weight is 431 g/mol. The molecule has 0 amide bonds. The SMILES string of the molecule is I.NC(Cc1ccccc1)C(O)(c1ccccc1)c1ccccc1. The van der Waals surface area contributed by atoms with Crippen molar-refractivity contribution >= 4 is 24.0 Å². The van der Waals surface area contributed by atoms with Crippen LogP contribution in [-0.2, 0) is 12.0 Å². The van der Waals surface area contributed by atoms with Gasteiger partial charge in [0.1, 0.15) is 5.60 Å². The molecule has 2 nitrogen and oxygen atoms in total. The van der Waals surface area contributed by atoms with Crippen molar-refractivity contribution in [2.24, 2.45) is 5.73 Å². The number of nitrogens with two attached hydrogens (primary N) is 1. The minimum Gasteiger partial charge on any atom is -0.379 e. The highest BCUT2D eigenvalue weighted by Crippen LogP contribution is 2.33. The molecule has 0 aliphatic rings. The van der Waals surface area contributed by atoms with Crippen LogP contribution in [0, 0.1) is 0 Å². The Hall–Kier alpha value is -1.69. The Morgan fingerprint density at radius 2 is 1.08 bits per heavy atom. The summed E-state index contributed by atoms with van der Waals surface area (Å²) in [5.41, 5.74) is 8.02. The smallest absolute Gasteiger partial charge is 0.130 e. The lowest BCUT2D eigenvalue weighted by Gasteiger charge is -2.35. The van der Waals surface area contributed by atoms with Gasteiger partial charge in [-0.3, -0.25) is 0 Å². The largest absolute Gasteiger partial charge is 0.379 e. The fraction of sp³-hybridized carbons (Fsp3) is 0.143. The number of rotatable bonds is 5. The topological polar surface area (TPSA) is 46.2 Å². The highest BCUT2D eigenvalue weighted by atomic mass is 127. The van der Waals surface area contributed by atoms with E-state index in [2.05, 4.69) is 0 Å². The van der Waals surface area contributed by atoms with Crippen LogP contribution in [0.1, 0.15) is 16.7 Å². The van der Waals surface area contributed by atoms with Crippen LogP contribution < -0.4 is 5.73 Å². The lowest BCUT2D eigenvalue weighted by Crippen LogP contribution is -2.47. The van der Waals surface area contributed by atoms with Gasteiger partial charge in [-0.05, 0) is 23.1 Å². The van der Waals surface area contributed by atoms with Gasteiger partial charge in [0.15, 0.2) is 0 Å². The number of hydrogen-bond acceptors (Lipinski definition) is 2. The Labute approximate surface area is 160 Å². The maximum absolute atomic E-state index is 11.6. The first-order chi connectivity index (χ1) is 11.2. The fourth-order valence-corrected chi connectivity index (χ4v) is 3.00. The summed E-state index contributed by atoms with van der Waals surface area (Å²) >= 11 is 0. The Bertz CT molecular complexity index is 692. The van der Waals surface area contributed by atoms with E-state index in [1.807, 2.05) is 91.0 Å². The molecule has 1 atom stereocenters. The van der Waals surface area contributed by atoms with E-state index in [9.17, 15) is 5.11 Å². The van der Waals surface area contributed by atoms with Crippen LogP contribution in [0.4, 0.5) is 0 Å². The molecule has 3 rings (SSSR count). The van der Waals surface area contributed by atoms with Gasteiger partial charge < -0.3 is 10.8 Å². The Balaban J connectivity index is 0.00000208. The van der Waals surface area contributed by atoms with Gasteiger partial charge in [0, 0.05) is 6.04 Å². The van der Waals surface area contributed by atoms with E-state index in [1.165, 1.54) is 0 Å². The van der Waals surface area contributed by atoms with Crippen LogP contribution in [0.5, 0.6) is 0 Å². The van der Waals surface area contributed by atoms with Crippen molar-refractivity contribution in [2.45, 2.75) is 18.1 Å². The van der Waals surface area contributed by atoms with E-state index in [0.717, 1.165) is 16.7 Å². The fourth-order valence-electron chi connectivity index (χ4n) is 3.00. The first kappa shape index (κ1) is 18.6. The number of aliphatic hydroxyl groups is 1. The molecule has 0 aliphatic carbocycles. The van der Waals surface area contributed by atoms with Crippen molar-refractivity contribution in [1.82, 2.24) is 0 Å². The van der Waals surface area contributed by atoms with E-state index in [1.54, 1.807) is 0 Å². The molecule has 3 aromatic rings. The van der Waals surface area contributed by atoms with E-state index >= 15 is 0 Å². The third kappa shape index (κ3) is 3.86. The minimum atomic E-state index is -1.22. The molecule has 3 heteroatoms.